The Kier molecular flexibility index (Phi) is 6.40. The first-order chi connectivity index (χ1) is 15.8. The molecule has 0 unspecified atom stereocenters. The molecule has 0 aliphatic carbocycles. The quantitative estimate of drug-likeness (QED) is 0.406. The number of aryl methyl sites for hydroxylation is 3. The van der Waals surface area contributed by atoms with Gasteiger partial charge in [-0.15, -0.1) is 0 Å². The van der Waals surface area contributed by atoms with Gasteiger partial charge in [-0.05, 0) is 50.6 Å². The maximum absolute atomic E-state index is 13.0. The van der Waals surface area contributed by atoms with Gasteiger partial charge in [0.15, 0.2) is 0 Å². The molecular weight excluding hydrogens is 458 g/mol. The second-order valence-electron chi connectivity index (χ2n) is 7.48. The number of benzene rings is 1. The highest BCUT2D eigenvalue weighted by molar-refractivity contribution is 7.92. The molecule has 3 heterocycles. The average molecular weight is 480 g/mol. The van der Waals surface area contributed by atoms with Gasteiger partial charge in [-0.25, -0.2) is 18.4 Å². The standard InChI is InChI=1S/C24H22ClN5O2S/c1-4-20-23(24(29-14-28-20)17-9-10-26-15(2)11-17)18-12-21(16(3)27-13-18)30-33(31,32)22-8-6-5-7-19(22)25/h5-14,30H,4H2,1-3H3. The lowest BCUT2D eigenvalue weighted by atomic mass is 9.97. The first kappa shape index (κ1) is 22.8. The summed E-state index contributed by atoms with van der Waals surface area (Å²) in [5.74, 6) is 0. The molecule has 0 amide bonds. The van der Waals surface area contributed by atoms with Crippen molar-refractivity contribution in [1.29, 1.82) is 0 Å². The Bertz CT molecular complexity index is 1440. The third-order valence-corrected chi connectivity index (χ3v) is 7.04. The molecule has 9 heteroatoms. The lowest BCUT2D eigenvalue weighted by molar-refractivity contribution is 0.601. The van der Waals surface area contributed by atoms with Gasteiger partial charge in [0.1, 0.15) is 11.2 Å². The lowest BCUT2D eigenvalue weighted by Crippen LogP contribution is -2.15. The number of nitrogens with zero attached hydrogens (tertiary/aromatic N) is 4. The molecule has 0 fully saturated rings. The van der Waals surface area contributed by atoms with Crippen molar-refractivity contribution in [3.8, 4) is 22.4 Å². The summed E-state index contributed by atoms with van der Waals surface area (Å²) in [6, 6.07) is 11.9. The van der Waals surface area contributed by atoms with Crippen molar-refractivity contribution >= 4 is 27.3 Å². The van der Waals surface area contributed by atoms with Crippen LogP contribution in [-0.4, -0.2) is 28.4 Å². The zero-order valence-electron chi connectivity index (χ0n) is 18.4. The van der Waals surface area contributed by atoms with Gasteiger partial charge in [0.2, 0.25) is 0 Å². The highest BCUT2D eigenvalue weighted by Crippen LogP contribution is 2.35. The molecule has 0 aliphatic rings. The number of hydrogen-bond donors (Lipinski definition) is 1. The fraction of sp³-hybridized carbons (Fsp3) is 0.167. The summed E-state index contributed by atoms with van der Waals surface area (Å²) in [5.41, 5.74) is 5.73. The van der Waals surface area contributed by atoms with Crippen LogP contribution in [0.5, 0.6) is 0 Å². The van der Waals surface area contributed by atoms with Crippen LogP contribution >= 0.6 is 11.6 Å². The Balaban J connectivity index is 1.84. The number of sulfonamides is 1. The molecule has 0 spiro atoms. The van der Waals surface area contributed by atoms with E-state index in [2.05, 4.69) is 24.7 Å². The second kappa shape index (κ2) is 9.25. The van der Waals surface area contributed by atoms with E-state index in [9.17, 15) is 8.42 Å². The SMILES string of the molecule is CCc1ncnc(-c2ccnc(C)c2)c1-c1cnc(C)c(NS(=O)(=O)c2ccccc2Cl)c1. The summed E-state index contributed by atoms with van der Waals surface area (Å²) < 4.78 is 28.7. The van der Waals surface area contributed by atoms with E-state index in [1.165, 1.54) is 18.5 Å². The molecule has 0 aliphatic heterocycles. The minimum absolute atomic E-state index is 0.00158. The number of halogens is 1. The maximum Gasteiger partial charge on any atom is 0.263 e. The predicted molar refractivity (Wildman–Crippen MR) is 130 cm³/mol. The van der Waals surface area contributed by atoms with Gasteiger partial charge in [-0.1, -0.05) is 30.7 Å². The molecule has 3 aromatic heterocycles. The van der Waals surface area contributed by atoms with Crippen molar-refractivity contribution in [1.82, 2.24) is 19.9 Å². The monoisotopic (exact) mass is 479 g/mol. The Labute approximate surface area is 198 Å². The second-order valence-corrected chi connectivity index (χ2v) is 9.53. The number of rotatable bonds is 6. The van der Waals surface area contributed by atoms with Gasteiger partial charge in [-0.2, -0.15) is 0 Å². The van der Waals surface area contributed by atoms with Crippen LogP contribution in [0.4, 0.5) is 5.69 Å². The number of aromatic nitrogens is 4. The Morgan fingerprint density at radius 2 is 1.76 bits per heavy atom. The Hall–Kier alpha value is -3.36. The highest BCUT2D eigenvalue weighted by Gasteiger charge is 2.21. The van der Waals surface area contributed by atoms with Crippen molar-refractivity contribution in [3.05, 3.63) is 83.3 Å². The molecule has 0 saturated heterocycles. The molecule has 7 nitrogen and oxygen atoms in total. The van der Waals surface area contributed by atoms with Crippen LogP contribution in [0.25, 0.3) is 22.4 Å². The highest BCUT2D eigenvalue weighted by atomic mass is 35.5. The lowest BCUT2D eigenvalue weighted by Gasteiger charge is -2.16. The van der Waals surface area contributed by atoms with Gasteiger partial charge >= 0.3 is 0 Å². The van der Waals surface area contributed by atoms with Crippen LogP contribution in [0, 0.1) is 13.8 Å². The van der Waals surface area contributed by atoms with Crippen LogP contribution < -0.4 is 4.72 Å². The Morgan fingerprint density at radius 1 is 0.970 bits per heavy atom. The van der Waals surface area contributed by atoms with E-state index in [1.807, 2.05) is 26.0 Å². The molecule has 4 rings (SSSR count). The third-order valence-electron chi connectivity index (χ3n) is 5.18. The van der Waals surface area contributed by atoms with Crippen molar-refractivity contribution < 1.29 is 8.42 Å². The summed E-state index contributed by atoms with van der Waals surface area (Å²) >= 11 is 6.13. The topological polar surface area (TPSA) is 97.7 Å². The van der Waals surface area contributed by atoms with Crippen LogP contribution in [0.1, 0.15) is 24.0 Å². The fourth-order valence-corrected chi connectivity index (χ4v) is 5.17. The number of pyridine rings is 2. The third kappa shape index (κ3) is 4.72. The van der Waals surface area contributed by atoms with E-state index in [1.54, 1.807) is 37.5 Å². The molecule has 1 aromatic carbocycles. The molecule has 4 aromatic rings. The van der Waals surface area contributed by atoms with E-state index < -0.39 is 10.0 Å². The summed E-state index contributed by atoms with van der Waals surface area (Å²) in [6.07, 6.45) is 5.65. The first-order valence-corrected chi connectivity index (χ1v) is 12.2. The molecule has 0 radical (unpaired) electrons. The van der Waals surface area contributed by atoms with Crippen molar-refractivity contribution in [2.24, 2.45) is 0 Å². The van der Waals surface area contributed by atoms with E-state index in [0.29, 0.717) is 23.4 Å². The zero-order chi connectivity index (χ0) is 23.6. The molecular formula is C24H22ClN5O2S. The normalized spacial score (nSPS) is 11.4. The van der Waals surface area contributed by atoms with Gasteiger partial charge in [-0.3, -0.25) is 14.7 Å². The van der Waals surface area contributed by atoms with Gasteiger partial charge in [0.05, 0.1) is 27.8 Å². The van der Waals surface area contributed by atoms with E-state index in [4.69, 9.17) is 11.6 Å². The average Bonchev–Trinajstić information content (AvgIpc) is 2.80. The van der Waals surface area contributed by atoms with Gasteiger partial charge < -0.3 is 0 Å². The van der Waals surface area contributed by atoms with E-state index >= 15 is 0 Å². The van der Waals surface area contributed by atoms with Crippen LogP contribution in [0.3, 0.4) is 0 Å². The summed E-state index contributed by atoms with van der Waals surface area (Å²) in [6.45, 7) is 5.67. The molecule has 0 bridgehead atoms. The minimum Gasteiger partial charge on any atom is -0.278 e. The largest absolute Gasteiger partial charge is 0.278 e. The predicted octanol–water partition coefficient (Wildman–Crippen LogP) is 5.23. The van der Waals surface area contributed by atoms with Crippen LogP contribution in [-0.2, 0) is 16.4 Å². The number of hydrogen-bond acceptors (Lipinski definition) is 6. The van der Waals surface area contributed by atoms with Crippen molar-refractivity contribution in [3.63, 3.8) is 0 Å². The molecule has 0 atom stereocenters. The first-order valence-electron chi connectivity index (χ1n) is 10.3. The molecule has 168 valence electrons. The van der Waals surface area contributed by atoms with Crippen LogP contribution in [0.2, 0.25) is 5.02 Å². The number of nitrogens with one attached hydrogen (secondary N) is 1. The van der Waals surface area contributed by atoms with Crippen molar-refractivity contribution in [2.75, 3.05) is 4.72 Å². The minimum atomic E-state index is -3.91. The van der Waals surface area contributed by atoms with Crippen LogP contribution in [0.15, 0.2) is 66.1 Å². The van der Waals surface area contributed by atoms with E-state index in [0.717, 1.165) is 28.2 Å². The molecule has 33 heavy (non-hydrogen) atoms. The van der Waals surface area contributed by atoms with E-state index in [-0.39, 0.29) is 9.92 Å². The fourth-order valence-electron chi connectivity index (χ4n) is 3.54. The maximum atomic E-state index is 13.0. The van der Waals surface area contributed by atoms with Gasteiger partial charge in [0, 0.05) is 34.8 Å². The summed E-state index contributed by atoms with van der Waals surface area (Å²) in [7, 11) is -3.91. The van der Waals surface area contributed by atoms with Gasteiger partial charge in [0.25, 0.3) is 10.0 Å². The Morgan fingerprint density at radius 3 is 2.48 bits per heavy atom. The smallest absolute Gasteiger partial charge is 0.263 e. The number of anilines is 1. The van der Waals surface area contributed by atoms with Crippen molar-refractivity contribution in [2.45, 2.75) is 32.1 Å². The molecule has 1 N–H and O–H groups in total. The molecule has 0 saturated carbocycles. The summed E-state index contributed by atoms with van der Waals surface area (Å²) in [4.78, 5) is 17.7. The summed E-state index contributed by atoms with van der Waals surface area (Å²) in [5, 5.41) is 0.145. The zero-order valence-corrected chi connectivity index (χ0v) is 19.9.